The first kappa shape index (κ1) is 24.7. The van der Waals surface area contributed by atoms with Crippen LogP contribution in [0.15, 0.2) is 61.1 Å². The molecule has 5 rings (SSSR count). The molecule has 1 N–H and O–H groups in total. The molecule has 0 atom stereocenters. The van der Waals surface area contributed by atoms with Gasteiger partial charge in [-0.3, -0.25) is 14.7 Å². The lowest BCUT2D eigenvalue weighted by atomic mass is 9.99. The molecule has 1 amide bonds. The van der Waals surface area contributed by atoms with Gasteiger partial charge in [-0.1, -0.05) is 30.7 Å². The van der Waals surface area contributed by atoms with Crippen LogP contribution in [-0.2, 0) is 6.54 Å². The predicted molar refractivity (Wildman–Crippen MR) is 145 cm³/mol. The molecule has 0 aliphatic carbocycles. The second-order valence-electron chi connectivity index (χ2n) is 10.2. The van der Waals surface area contributed by atoms with Gasteiger partial charge in [0.25, 0.3) is 5.91 Å². The van der Waals surface area contributed by atoms with Crippen LogP contribution < -0.4 is 10.2 Å². The molecule has 4 heterocycles. The summed E-state index contributed by atoms with van der Waals surface area (Å²) < 4.78 is 0. The van der Waals surface area contributed by atoms with Crippen molar-refractivity contribution in [3.63, 3.8) is 0 Å². The zero-order valence-electron chi connectivity index (χ0n) is 20.9. The van der Waals surface area contributed by atoms with Crippen LogP contribution in [0, 0.1) is 5.92 Å². The van der Waals surface area contributed by atoms with Crippen molar-refractivity contribution in [2.24, 2.45) is 5.92 Å². The summed E-state index contributed by atoms with van der Waals surface area (Å²) in [6.07, 6.45) is 9.88. The number of likely N-dealkylation sites (tertiary alicyclic amines) is 1. The molecule has 2 aromatic heterocycles. The summed E-state index contributed by atoms with van der Waals surface area (Å²) in [5, 5.41) is 3.83. The average Bonchev–Trinajstić information content (AvgIpc) is 2.91. The summed E-state index contributed by atoms with van der Waals surface area (Å²) in [5.41, 5.74) is 3.59. The van der Waals surface area contributed by atoms with Gasteiger partial charge in [-0.2, -0.15) is 0 Å². The fraction of sp³-hybridized carbons (Fsp3) is 0.414. The first-order chi connectivity index (χ1) is 17.5. The standard InChI is InChI=1S/C29H34ClN5O/c1-21-8-15-35(16-9-21)28-7-4-22(18-32-28)20-34-13-10-25(11-14-34)33-29(36)23-5-6-27(30)26(17-23)24-3-2-12-31-19-24/h2-7,12,17-19,21,25H,8-11,13-16,20H2,1H3,(H,33,36). The number of hydrogen-bond donors (Lipinski definition) is 1. The normalized spacial score (nSPS) is 17.8. The third kappa shape index (κ3) is 6.05. The van der Waals surface area contributed by atoms with Crippen LogP contribution in [0.25, 0.3) is 11.1 Å². The minimum Gasteiger partial charge on any atom is -0.357 e. The Kier molecular flexibility index (Phi) is 7.83. The molecule has 0 spiro atoms. The van der Waals surface area contributed by atoms with Crippen LogP contribution in [0.3, 0.4) is 0 Å². The Labute approximate surface area is 218 Å². The van der Waals surface area contributed by atoms with Crippen LogP contribution in [-0.4, -0.2) is 53.0 Å². The molecule has 2 fully saturated rings. The van der Waals surface area contributed by atoms with Crippen LogP contribution in [0.5, 0.6) is 0 Å². The maximum Gasteiger partial charge on any atom is 0.251 e. The number of rotatable bonds is 6. The number of benzene rings is 1. The number of nitrogens with one attached hydrogen (secondary N) is 1. The smallest absolute Gasteiger partial charge is 0.251 e. The maximum atomic E-state index is 13.0. The molecule has 36 heavy (non-hydrogen) atoms. The Balaban J connectivity index is 1.11. The van der Waals surface area contributed by atoms with Gasteiger partial charge >= 0.3 is 0 Å². The molecule has 3 aromatic rings. The lowest BCUT2D eigenvalue weighted by Crippen LogP contribution is -2.44. The van der Waals surface area contributed by atoms with Crippen molar-refractivity contribution in [1.82, 2.24) is 20.2 Å². The summed E-state index contributed by atoms with van der Waals surface area (Å²) in [6, 6.07) is 13.8. The SMILES string of the molecule is CC1CCN(c2ccc(CN3CCC(NC(=O)c4ccc(Cl)c(-c5cccnc5)c4)CC3)cn2)CC1. The van der Waals surface area contributed by atoms with Gasteiger partial charge in [0.1, 0.15) is 5.82 Å². The van der Waals surface area contributed by atoms with Gasteiger partial charge in [0.15, 0.2) is 0 Å². The van der Waals surface area contributed by atoms with Crippen molar-refractivity contribution < 1.29 is 4.79 Å². The summed E-state index contributed by atoms with van der Waals surface area (Å²) in [7, 11) is 0. The van der Waals surface area contributed by atoms with Crippen molar-refractivity contribution in [3.8, 4) is 11.1 Å². The van der Waals surface area contributed by atoms with Crippen LogP contribution in [0.1, 0.15) is 48.5 Å². The van der Waals surface area contributed by atoms with E-state index in [0.29, 0.717) is 10.6 Å². The minimum atomic E-state index is -0.0536. The number of anilines is 1. The molecular weight excluding hydrogens is 470 g/mol. The van der Waals surface area contributed by atoms with Crippen molar-refractivity contribution in [2.45, 2.75) is 45.2 Å². The highest BCUT2D eigenvalue weighted by Gasteiger charge is 2.22. The molecule has 6 nitrogen and oxygen atoms in total. The van der Waals surface area contributed by atoms with E-state index >= 15 is 0 Å². The third-order valence-electron chi connectivity index (χ3n) is 7.45. The number of carbonyl (C=O) groups is 1. The van der Waals surface area contributed by atoms with Gasteiger partial charge < -0.3 is 10.2 Å². The lowest BCUT2D eigenvalue weighted by molar-refractivity contribution is 0.0909. The highest BCUT2D eigenvalue weighted by atomic mass is 35.5. The monoisotopic (exact) mass is 503 g/mol. The van der Waals surface area contributed by atoms with Gasteiger partial charge in [0, 0.05) is 79.1 Å². The summed E-state index contributed by atoms with van der Waals surface area (Å²) in [5.74, 6) is 1.87. The van der Waals surface area contributed by atoms with E-state index in [2.05, 4.69) is 39.2 Å². The van der Waals surface area contributed by atoms with Crippen LogP contribution in [0.2, 0.25) is 5.02 Å². The summed E-state index contributed by atoms with van der Waals surface area (Å²) in [6.45, 7) is 7.36. The Morgan fingerprint density at radius 3 is 2.53 bits per heavy atom. The van der Waals surface area contributed by atoms with E-state index < -0.39 is 0 Å². The topological polar surface area (TPSA) is 61.4 Å². The highest BCUT2D eigenvalue weighted by Crippen LogP contribution is 2.28. The molecular formula is C29H34ClN5O. The Bertz CT molecular complexity index is 1150. The van der Waals surface area contributed by atoms with Gasteiger partial charge in [-0.25, -0.2) is 4.98 Å². The van der Waals surface area contributed by atoms with Gasteiger partial charge in [-0.05, 0) is 67.5 Å². The van der Waals surface area contributed by atoms with Crippen molar-refractivity contribution >= 4 is 23.3 Å². The lowest BCUT2D eigenvalue weighted by Gasteiger charge is -2.33. The van der Waals surface area contributed by atoms with E-state index in [9.17, 15) is 4.79 Å². The Morgan fingerprint density at radius 2 is 1.83 bits per heavy atom. The van der Waals surface area contributed by atoms with E-state index in [1.54, 1.807) is 24.5 Å². The van der Waals surface area contributed by atoms with E-state index in [1.165, 1.54) is 18.4 Å². The number of nitrogens with zero attached hydrogens (tertiary/aromatic N) is 4. The van der Waals surface area contributed by atoms with E-state index in [4.69, 9.17) is 16.6 Å². The van der Waals surface area contributed by atoms with E-state index in [1.807, 2.05) is 24.4 Å². The van der Waals surface area contributed by atoms with Gasteiger partial charge in [0.05, 0.1) is 0 Å². The molecule has 188 valence electrons. The van der Waals surface area contributed by atoms with Crippen LogP contribution in [0.4, 0.5) is 5.82 Å². The molecule has 0 saturated carbocycles. The molecule has 2 saturated heterocycles. The largest absolute Gasteiger partial charge is 0.357 e. The Hall–Kier alpha value is -2.96. The number of amides is 1. The summed E-state index contributed by atoms with van der Waals surface area (Å²) >= 11 is 6.39. The number of carbonyl (C=O) groups excluding carboxylic acids is 1. The number of hydrogen-bond acceptors (Lipinski definition) is 5. The van der Waals surface area contributed by atoms with Gasteiger partial charge in [-0.15, -0.1) is 0 Å². The van der Waals surface area contributed by atoms with Gasteiger partial charge in [0.2, 0.25) is 0 Å². The van der Waals surface area contributed by atoms with Crippen molar-refractivity contribution in [2.75, 3.05) is 31.1 Å². The van der Waals surface area contributed by atoms with Crippen molar-refractivity contribution in [1.29, 1.82) is 0 Å². The number of aromatic nitrogens is 2. The number of piperidine rings is 2. The molecule has 2 aliphatic heterocycles. The summed E-state index contributed by atoms with van der Waals surface area (Å²) in [4.78, 5) is 26.7. The predicted octanol–water partition coefficient (Wildman–Crippen LogP) is 5.43. The maximum absolute atomic E-state index is 13.0. The van der Waals surface area contributed by atoms with Crippen molar-refractivity contribution in [3.05, 3.63) is 77.2 Å². The highest BCUT2D eigenvalue weighted by molar-refractivity contribution is 6.33. The first-order valence-corrected chi connectivity index (χ1v) is 13.4. The molecule has 2 aliphatic rings. The minimum absolute atomic E-state index is 0.0536. The average molecular weight is 504 g/mol. The second kappa shape index (κ2) is 11.4. The number of pyridine rings is 2. The fourth-order valence-electron chi connectivity index (χ4n) is 5.11. The quantitative estimate of drug-likeness (QED) is 0.486. The fourth-order valence-corrected chi connectivity index (χ4v) is 5.33. The zero-order valence-corrected chi connectivity index (χ0v) is 21.6. The molecule has 0 radical (unpaired) electrons. The zero-order chi connectivity index (χ0) is 24.9. The Morgan fingerprint density at radius 1 is 1.03 bits per heavy atom. The van der Waals surface area contributed by atoms with Crippen LogP contribution >= 0.6 is 11.6 Å². The molecule has 1 aromatic carbocycles. The molecule has 0 bridgehead atoms. The second-order valence-corrected chi connectivity index (χ2v) is 10.6. The van der Waals surface area contributed by atoms with E-state index in [-0.39, 0.29) is 11.9 Å². The number of halogens is 1. The van der Waals surface area contributed by atoms with E-state index in [0.717, 1.165) is 68.4 Å². The third-order valence-corrected chi connectivity index (χ3v) is 7.78. The molecule has 7 heteroatoms. The molecule has 0 unspecified atom stereocenters. The first-order valence-electron chi connectivity index (χ1n) is 13.0.